The maximum Gasteiger partial charge on any atom is 0.194 e. The zero-order chi connectivity index (χ0) is 16.0. The second-order valence-corrected chi connectivity index (χ2v) is 5.79. The first-order chi connectivity index (χ1) is 11.1. The molecule has 2 aliphatic rings. The molecule has 2 aromatic rings. The highest BCUT2D eigenvalue weighted by atomic mass is 16.5. The summed E-state index contributed by atoms with van der Waals surface area (Å²) in [6, 6.07) is 10.3. The van der Waals surface area contributed by atoms with Crippen LogP contribution >= 0.6 is 0 Å². The van der Waals surface area contributed by atoms with E-state index in [0.717, 1.165) is 18.8 Å². The molecule has 1 aliphatic carbocycles. The van der Waals surface area contributed by atoms with Gasteiger partial charge in [-0.25, -0.2) is 0 Å². The van der Waals surface area contributed by atoms with Gasteiger partial charge in [0.2, 0.25) is 0 Å². The van der Waals surface area contributed by atoms with Crippen LogP contribution in [0.25, 0.3) is 0 Å². The van der Waals surface area contributed by atoms with Gasteiger partial charge in [-0.3, -0.25) is 9.59 Å². The Kier molecular flexibility index (Phi) is 3.16. The van der Waals surface area contributed by atoms with Gasteiger partial charge in [0, 0.05) is 46.7 Å². The van der Waals surface area contributed by atoms with E-state index in [1.807, 2.05) is 12.1 Å². The number of hydrogen-bond acceptors (Lipinski definition) is 5. The lowest BCUT2D eigenvalue weighted by Gasteiger charge is -2.30. The normalized spacial score (nSPS) is 17.0. The van der Waals surface area contributed by atoms with Crippen molar-refractivity contribution in [1.82, 2.24) is 0 Å². The summed E-state index contributed by atoms with van der Waals surface area (Å²) in [5.41, 5.74) is 8.92. The Morgan fingerprint density at radius 1 is 0.826 bits per heavy atom. The Morgan fingerprint density at radius 2 is 1.43 bits per heavy atom. The summed E-state index contributed by atoms with van der Waals surface area (Å²) < 4.78 is 5.36. The van der Waals surface area contributed by atoms with Crippen molar-refractivity contribution in [3.8, 4) is 0 Å². The molecule has 1 heterocycles. The third-order valence-electron chi connectivity index (χ3n) is 4.40. The van der Waals surface area contributed by atoms with Gasteiger partial charge in [-0.15, -0.1) is 0 Å². The summed E-state index contributed by atoms with van der Waals surface area (Å²) in [5.74, 6) is -0.264. The molecule has 2 aromatic carbocycles. The van der Waals surface area contributed by atoms with E-state index in [1.165, 1.54) is 0 Å². The minimum Gasteiger partial charge on any atom is -0.399 e. The Morgan fingerprint density at radius 3 is 2.13 bits per heavy atom. The summed E-state index contributed by atoms with van der Waals surface area (Å²) >= 11 is 0. The summed E-state index contributed by atoms with van der Waals surface area (Å²) in [7, 11) is 0. The van der Waals surface area contributed by atoms with Crippen LogP contribution in [0.4, 0.5) is 11.4 Å². The van der Waals surface area contributed by atoms with E-state index in [-0.39, 0.29) is 11.6 Å². The number of fused-ring (bicyclic) bond motifs is 2. The number of morpholine rings is 1. The van der Waals surface area contributed by atoms with Gasteiger partial charge in [0.05, 0.1) is 13.2 Å². The van der Waals surface area contributed by atoms with Gasteiger partial charge in [-0.1, -0.05) is 0 Å². The zero-order valence-corrected chi connectivity index (χ0v) is 12.5. The average Bonchev–Trinajstić information content (AvgIpc) is 2.60. The Balaban J connectivity index is 1.80. The smallest absolute Gasteiger partial charge is 0.194 e. The van der Waals surface area contributed by atoms with Crippen LogP contribution in [-0.2, 0) is 4.74 Å². The van der Waals surface area contributed by atoms with Crippen LogP contribution in [0.3, 0.4) is 0 Å². The molecule has 116 valence electrons. The molecule has 0 amide bonds. The predicted molar refractivity (Wildman–Crippen MR) is 87.2 cm³/mol. The molecule has 0 atom stereocenters. The summed E-state index contributed by atoms with van der Waals surface area (Å²) in [6.45, 7) is 2.92. The number of rotatable bonds is 1. The lowest BCUT2D eigenvalue weighted by Crippen LogP contribution is -2.36. The number of nitrogens with zero attached hydrogens (tertiary/aromatic N) is 1. The molecule has 0 bridgehead atoms. The number of benzene rings is 2. The highest BCUT2D eigenvalue weighted by molar-refractivity contribution is 6.28. The number of carbonyl (C=O) groups is 2. The van der Waals surface area contributed by atoms with Gasteiger partial charge < -0.3 is 15.4 Å². The summed E-state index contributed by atoms with van der Waals surface area (Å²) in [4.78, 5) is 27.6. The fourth-order valence-electron chi connectivity index (χ4n) is 3.17. The van der Waals surface area contributed by atoms with E-state index < -0.39 is 0 Å². The van der Waals surface area contributed by atoms with Crippen molar-refractivity contribution in [2.45, 2.75) is 0 Å². The molecule has 1 saturated heterocycles. The number of nitrogen functional groups attached to an aromatic ring is 1. The number of nitrogens with two attached hydrogens (primary N) is 1. The Bertz CT molecular complexity index is 823. The van der Waals surface area contributed by atoms with Gasteiger partial charge in [0.15, 0.2) is 11.6 Å². The first-order valence-electron chi connectivity index (χ1n) is 7.61. The first kappa shape index (κ1) is 14.0. The SMILES string of the molecule is Nc1ccc2c(c1)C(=O)c1ccc(N3CCOCC3)cc1C2=O. The van der Waals surface area contributed by atoms with Crippen molar-refractivity contribution in [1.29, 1.82) is 0 Å². The zero-order valence-electron chi connectivity index (χ0n) is 12.5. The summed E-state index contributed by atoms with van der Waals surface area (Å²) in [6.07, 6.45) is 0. The fraction of sp³-hybridized carbons (Fsp3) is 0.222. The van der Waals surface area contributed by atoms with Gasteiger partial charge in [-0.2, -0.15) is 0 Å². The number of ketones is 2. The molecule has 2 N–H and O–H groups in total. The van der Waals surface area contributed by atoms with Crippen LogP contribution in [0.5, 0.6) is 0 Å². The maximum absolute atomic E-state index is 12.8. The van der Waals surface area contributed by atoms with E-state index in [2.05, 4.69) is 4.90 Å². The van der Waals surface area contributed by atoms with Crippen LogP contribution in [0, 0.1) is 0 Å². The van der Waals surface area contributed by atoms with E-state index >= 15 is 0 Å². The molecular weight excluding hydrogens is 292 g/mol. The van der Waals surface area contributed by atoms with Crippen LogP contribution in [0.15, 0.2) is 36.4 Å². The molecule has 1 fully saturated rings. The largest absolute Gasteiger partial charge is 0.399 e. The molecule has 0 aromatic heterocycles. The average molecular weight is 308 g/mol. The predicted octanol–water partition coefficient (Wildman–Crippen LogP) is 1.88. The van der Waals surface area contributed by atoms with Gasteiger partial charge in [0.1, 0.15) is 0 Å². The van der Waals surface area contributed by atoms with Crippen LogP contribution in [0.2, 0.25) is 0 Å². The second kappa shape index (κ2) is 5.21. The van der Waals surface area contributed by atoms with Crippen LogP contribution in [-0.4, -0.2) is 37.9 Å². The topological polar surface area (TPSA) is 72.6 Å². The third-order valence-corrected chi connectivity index (χ3v) is 4.40. The Labute approximate surface area is 133 Å². The van der Waals surface area contributed by atoms with Gasteiger partial charge in [0.25, 0.3) is 0 Å². The molecule has 1 aliphatic heterocycles. The highest BCUT2D eigenvalue weighted by Crippen LogP contribution is 2.31. The molecule has 5 heteroatoms. The number of hydrogen-bond donors (Lipinski definition) is 1. The lowest BCUT2D eigenvalue weighted by atomic mass is 9.83. The molecule has 0 saturated carbocycles. The molecular formula is C18H16N2O3. The quantitative estimate of drug-likeness (QED) is 0.695. The summed E-state index contributed by atoms with van der Waals surface area (Å²) in [5, 5.41) is 0. The minimum atomic E-state index is -0.143. The van der Waals surface area contributed by atoms with Crippen molar-refractivity contribution in [3.63, 3.8) is 0 Å². The van der Waals surface area contributed by atoms with Crippen LogP contribution in [0.1, 0.15) is 31.8 Å². The van der Waals surface area contributed by atoms with E-state index in [0.29, 0.717) is 41.2 Å². The standard InChI is InChI=1S/C18H16N2O3/c19-11-1-3-13-15(9-11)17(21)14-4-2-12(10-16(14)18(13)22)20-5-7-23-8-6-20/h1-4,9-10H,5-8,19H2. The molecule has 0 radical (unpaired) electrons. The van der Waals surface area contributed by atoms with Crippen LogP contribution < -0.4 is 10.6 Å². The maximum atomic E-state index is 12.8. The van der Waals surface area contributed by atoms with Gasteiger partial charge >= 0.3 is 0 Å². The fourth-order valence-corrected chi connectivity index (χ4v) is 3.17. The number of carbonyl (C=O) groups excluding carboxylic acids is 2. The first-order valence-corrected chi connectivity index (χ1v) is 7.61. The molecule has 5 nitrogen and oxygen atoms in total. The lowest BCUT2D eigenvalue weighted by molar-refractivity contribution is 0.0979. The van der Waals surface area contributed by atoms with Crippen molar-refractivity contribution < 1.29 is 14.3 Å². The van der Waals surface area contributed by atoms with E-state index in [9.17, 15) is 9.59 Å². The van der Waals surface area contributed by atoms with E-state index in [1.54, 1.807) is 24.3 Å². The van der Waals surface area contributed by atoms with Crippen molar-refractivity contribution >= 4 is 22.9 Å². The molecule has 0 unspecified atom stereocenters. The number of ether oxygens (including phenoxy) is 1. The third kappa shape index (κ3) is 2.21. The molecule has 23 heavy (non-hydrogen) atoms. The highest BCUT2D eigenvalue weighted by Gasteiger charge is 2.30. The van der Waals surface area contributed by atoms with Crippen molar-refractivity contribution in [2.75, 3.05) is 36.9 Å². The minimum absolute atomic E-state index is 0.121. The Hall–Kier alpha value is -2.66. The van der Waals surface area contributed by atoms with Gasteiger partial charge in [-0.05, 0) is 36.4 Å². The second-order valence-electron chi connectivity index (χ2n) is 5.79. The van der Waals surface area contributed by atoms with Crippen molar-refractivity contribution in [2.24, 2.45) is 0 Å². The monoisotopic (exact) mass is 308 g/mol. The van der Waals surface area contributed by atoms with Crippen molar-refractivity contribution in [3.05, 3.63) is 58.7 Å². The molecule has 4 rings (SSSR count). The van der Waals surface area contributed by atoms with E-state index in [4.69, 9.17) is 10.5 Å². The number of anilines is 2. The molecule has 0 spiro atoms.